The van der Waals surface area contributed by atoms with Crippen LogP contribution in [0.4, 0.5) is 49.9 Å². The molecular formula is C35H30F10N3NaO4. The number of carboxylic acid groups (broad SMARTS) is 1. The second-order valence-electron chi connectivity index (χ2n) is 11.9. The van der Waals surface area contributed by atoms with Gasteiger partial charge in [0.25, 0.3) is 0 Å². The molecule has 0 saturated carbocycles. The van der Waals surface area contributed by atoms with Gasteiger partial charge in [0.15, 0.2) is 5.75 Å². The van der Waals surface area contributed by atoms with Crippen molar-refractivity contribution in [1.29, 1.82) is 0 Å². The van der Waals surface area contributed by atoms with E-state index in [2.05, 4.69) is 9.97 Å². The van der Waals surface area contributed by atoms with E-state index >= 15 is 0 Å². The average Bonchev–Trinajstić information content (AvgIpc) is 3.05. The molecule has 0 aliphatic heterocycles. The molecule has 3 aromatic carbocycles. The topological polar surface area (TPSA) is 87.6 Å². The van der Waals surface area contributed by atoms with Gasteiger partial charge < -0.3 is 24.3 Å². The van der Waals surface area contributed by atoms with Gasteiger partial charge in [0.1, 0.15) is 11.6 Å². The van der Waals surface area contributed by atoms with Crippen LogP contribution in [-0.4, -0.2) is 29.7 Å². The van der Waals surface area contributed by atoms with Crippen LogP contribution in [0.2, 0.25) is 0 Å². The Morgan fingerprint density at radius 3 is 1.91 bits per heavy atom. The third kappa shape index (κ3) is 11.5. The number of anilines is 1. The number of alkyl halides is 9. The molecule has 1 heterocycles. The molecular weight excluding hydrogens is 739 g/mol. The van der Waals surface area contributed by atoms with Crippen LogP contribution in [0.3, 0.4) is 0 Å². The molecule has 280 valence electrons. The maximum absolute atomic E-state index is 14.9. The second-order valence-corrected chi connectivity index (χ2v) is 11.9. The largest absolute Gasteiger partial charge is 1.00 e. The normalized spacial score (nSPS) is 12.0. The number of halogens is 10. The van der Waals surface area contributed by atoms with Crippen molar-refractivity contribution in [1.82, 2.24) is 9.97 Å². The number of aliphatic carboxylic acids is 1. The molecule has 0 aliphatic carbocycles. The Morgan fingerprint density at radius 1 is 0.811 bits per heavy atom. The average molecular weight is 770 g/mol. The predicted octanol–water partition coefficient (Wildman–Crippen LogP) is 5.59. The summed E-state index contributed by atoms with van der Waals surface area (Å²) in [7, 11) is 1.21. The van der Waals surface area contributed by atoms with Gasteiger partial charge in [-0.15, -0.1) is 0 Å². The predicted molar refractivity (Wildman–Crippen MR) is 166 cm³/mol. The number of ether oxygens (including phenoxy) is 2. The zero-order valence-electron chi connectivity index (χ0n) is 28.6. The van der Waals surface area contributed by atoms with E-state index in [4.69, 9.17) is 9.47 Å². The zero-order valence-corrected chi connectivity index (χ0v) is 30.6. The minimum atomic E-state index is -5.19. The Hall–Kier alpha value is -4.09. The van der Waals surface area contributed by atoms with E-state index in [9.17, 15) is 53.8 Å². The van der Waals surface area contributed by atoms with Gasteiger partial charge in [0.05, 0.1) is 42.8 Å². The fraction of sp³-hybridized carbons (Fsp3) is 0.343. The Bertz CT molecular complexity index is 1850. The first kappa shape index (κ1) is 43.3. The molecule has 1 aromatic heterocycles. The van der Waals surface area contributed by atoms with E-state index in [1.807, 2.05) is 0 Å². The van der Waals surface area contributed by atoms with E-state index in [-0.39, 0.29) is 101 Å². The molecule has 18 heteroatoms. The fourth-order valence-corrected chi connectivity index (χ4v) is 5.24. The van der Waals surface area contributed by atoms with E-state index in [0.717, 1.165) is 41.6 Å². The quantitative estimate of drug-likeness (QED) is 0.0997. The molecule has 0 unspecified atom stereocenters. The number of rotatable bonds is 13. The monoisotopic (exact) mass is 769 g/mol. The van der Waals surface area contributed by atoms with Crippen molar-refractivity contribution >= 4 is 11.9 Å². The molecule has 0 radical (unpaired) electrons. The first-order valence-electron chi connectivity index (χ1n) is 15.4. The summed E-state index contributed by atoms with van der Waals surface area (Å²) >= 11 is 0. The molecule has 0 atom stereocenters. The Balaban J connectivity index is 0.00000756. The van der Waals surface area contributed by atoms with Crippen LogP contribution >= 0.6 is 0 Å². The van der Waals surface area contributed by atoms with Crippen molar-refractivity contribution < 1.29 is 92.8 Å². The number of benzene rings is 3. The van der Waals surface area contributed by atoms with Gasteiger partial charge >= 0.3 is 48.1 Å². The summed E-state index contributed by atoms with van der Waals surface area (Å²) in [5.41, 5.74) is -4.57. The number of methoxy groups -OCH3 is 1. The minimum absolute atomic E-state index is 0. The summed E-state index contributed by atoms with van der Waals surface area (Å²) in [4.78, 5) is 19.9. The summed E-state index contributed by atoms with van der Waals surface area (Å²) in [6, 6.07) is 5.96. The van der Waals surface area contributed by atoms with Gasteiger partial charge in [-0.3, -0.25) is 0 Å². The van der Waals surface area contributed by atoms with E-state index in [1.165, 1.54) is 13.2 Å². The smallest absolute Gasteiger partial charge is 0.550 e. The van der Waals surface area contributed by atoms with Crippen LogP contribution in [0.15, 0.2) is 60.9 Å². The van der Waals surface area contributed by atoms with Crippen molar-refractivity contribution in [2.24, 2.45) is 0 Å². The van der Waals surface area contributed by atoms with Crippen LogP contribution < -0.4 is 49.0 Å². The summed E-state index contributed by atoms with van der Waals surface area (Å²) < 4.78 is 150. The van der Waals surface area contributed by atoms with Crippen LogP contribution in [0, 0.1) is 5.82 Å². The van der Waals surface area contributed by atoms with E-state index < -0.39 is 65.7 Å². The molecule has 4 aromatic rings. The number of aromatic nitrogens is 2. The maximum Gasteiger partial charge on any atom is 1.00 e. The SMILES string of the molecule is COc1cc(F)c(C(C)C)cc1-c1ccc(C(F)(F)F)cc1CN(Cc1cc(C(F)(F)F)cc(C(F)(F)F)c1)c1ncc(OCCCC(=O)[O-])cn1.[Na+]. The summed E-state index contributed by atoms with van der Waals surface area (Å²) in [5.74, 6) is -2.72. The van der Waals surface area contributed by atoms with Gasteiger partial charge in [0, 0.05) is 30.7 Å². The van der Waals surface area contributed by atoms with Crippen molar-refractivity contribution in [3.05, 3.63) is 100 Å². The molecule has 0 aliphatic rings. The number of carbonyl (C=O) groups excluding carboxylic acids is 1. The van der Waals surface area contributed by atoms with E-state index in [0.29, 0.717) is 12.1 Å². The van der Waals surface area contributed by atoms with Gasteiger partial charge in [-0.25, -0.2) is 14.4 Å². The minimum Gasteiger partial charge on any atom is -0.550 e. The number of hydrogen-bond donors (Lipinski definition) is 0. The molecule has 7 nitrogen and oxygen atoms in total. The number of carbonyl (C=O) groups is 1. The number of hydrogen-bond acceptors (Lipinski definition) is 7. The number of carboxylic acids is 1. The van der Waals surface area contributed by atoms with Crippen molar-refractivity contribution in [2.45, 2.75) is 64.2 Å². The molecule has 0 saturated heterocycles. The van der Waals surface area contributed by atoms with Crippen molar-refractivity contribution in [3.8, 4) is 22.6 Å². The van der Waals surface area contributed by atoms with Crippen molar-refractivity contribution in [2.75, 3.05) is 18.6 Å². The first-order valence-corrected chi connectivity index (χ1v) is 15.4. The molecule has 0 fully saturated rings. The number of nitrogens with zero attached hydrogens (tertiary/aromatic N) is 3. The van der Waals surface area contributed by atoms with Crippen molar-refractivity contribution in [3.63, 3.8) is 0 Å². The third-order valence-corrected chi connectivity index (χ3v) is 7.74. The van der Waals surface area contributed by atoms with Crippen LogP contribution in [0.5, 0.6) is 11.5 Å². The Kier molecular flexibility index (Phi) is 14.2. The van der Waals surface area contributed by atoms with Gasteiger partial charge in [0.2, 0.25) is 5.95 Å². The zero-order chi connectivity index (χ0) is 38.6. The van der Waals surface area contributed by atoms with Gasteiger partial charge in [-0.1, -0.05) is 19.9 Å². The molecule has 0 amide bonds. The molecule has 0 bridgehead atoms. The van der Waals surface area contributed by atoms with Crippen LogP contribution in [0.25, 0.3) is 11.1 Å². The molecule has 0 N–H and O–H groups in total. The Labute approximate surface area is 319 Å². The van der Waals surface area contributed by atoms with Gasteiger partial charge in [-0.2, -0.15) is 39.5 Å². The summed E-state index contributed by atoms with van der Waals surface area (Å²) in [5, 5.41) is 10.7. The van der Waals surface area contributed by atoms with E-state index in [1.54, 1.807) is 13.8 Å². The fourth-order valence-electron chi connectivity index (χ4n) is 5.24. The summed E-state index contributed by atoms with van der Waals surface area (Å²) in [6.07, 6.45) is -13.3. The molecule has 4 rings (SSSR count). The molecule has 53 heavy (non-hydrogen) atoms. The standard InChI is InChI=1S/C35H31F10N3O4.Na/c1-19(2)27-13-28(30(51-3)14-29(27)36)26-7-6-22(33(37,38)39)11-21(26)18-48(32-46-15-25(16-47-32)52-8-4-5-31(49)50)17-20-9-23(34(40,41)42)12-24(10-20)35(43,44)45;/h6-7,9-16,19H,4-5,8,17-18H2,1-3H3,(H,49,50);/q;+1/p-1. The summed E-state index contributed by atoms with van der Waals surface area (Å²) in [6.45, 7) is 1.90. The third-order valence-electron chi connectivity index (χ3n) is 7.74. The van der Waals surface area contributed by atoms with Crippen LogP contribution in [0.1, 0.15) is 66.0 Å². The van der Waals surface area contributed by atoms with Crippen LogP contribution in [-0.2, 0) is 36.4 Å². The maximum atomic E-state index is 14.9. The first-order chi connectivity index (χ1) is 24.2. The Morgan fingerprint density at radius 2 is 1.40 bits per heavy atom. The van der Waals surface area contributed by atoms with Gasteiger partial charge in [-0.05, 0) is 77.4 Å². The second kappa shape index (κ2) is 17.4. The molecule has 0 spiro atoms.